The van der Waals surface area contributed by atoms with E-state index < -0.39 is 24.0 Å². The monoisotopic (exact) mass is 245 g/mol. The smallest absolute Gasteiger partial charge is 0.322 e. The maximum absolute atomic E-state index is 11.7. The maximum atomic E-state index is 11.7. The molecule has 6 heteroatoms. The number of hydrogen-bond acceptors (Lipinski definition) is 4. The van der Waals surface area contributed by atoms with Crippen LogP contribution >= 0.6 is 11.6 Å². The molecule has 0 aromatic heterocycles. The van der Waals surface area contributed by atoms with Crippen LogP contribution in [0.5, 0.6) is 0 Å². The van der Waals surface area contributed by atoms with Gasteiger partial charge in [0.05, 0.1) is 0 Å². The molecule has 0 aliphatic carbocycles. The summed E-state index contributed by atoms with van der Waals surface area (Å²) in [7, 11) is 0. The Hall–Kier alpha value is -1.36. The fraction of sp³-hybridized carbons (Fsp3) is 0.500. The Labute approximate surface area is 98.0 Å². The second-order valence-electron chi connectivity index (χ2n) is 3.45. The number of carbonyl (C=O) groups excluding carboxylic acids is 3. The number of halogens is 1. The van der Waals surface area contributed by atoms with Gasteiger partial charge in [-0.1, -0.05) is 0 Å². The molecule has 88 valence electrons. The summed E-state index contributed by atoms with van der Waals surface area (Å²) in [6, 6.07) is 0. The van der Waals surface area contributed by atoms with Crippen molar-refractivity contribution in [2.75, 3.05) is 5.88 Å². The van der Waals surface area contributed by atoms with Crippen LogP contribution in [0.15, 0.2) is 11.1 Å². The number of amides is 2. The number of hydrogen-bond donors (Lipinski definition) is 0. The van der Waals surface area contributed by atoms with Gasteiger partial charge >= 0.3 is 5.97 Å². The Morgan fingerprint density at radius 1 is 1.31 bits per heavy atom. The highest BCUT2D eigenvalue weighted by Gasteiger charge is 2.37. The van der Waals surface area contributed by atoms with Crippen LogP contribution in [-0.2, 0) is 19.1 Å². The van der Waals surface area contributed by atoms with Gasteiger partial charge in [0, 0.05) is 11.1 Å². The molecule has 0 saturated heterocycles. The van der Waals surface area contributed by atoms with Gasteiger partial charge in [-0.15, -0.1) is 11.6 Å². The lowest BCUT2D eigenvalue weighted by molar-refractivity contribution is -0.162. The van der Waals surface area contributed by atoms with Gasteiger partial charge in [0.1, 0.15) is 5.88 Å². The summed E-state index contributed by atoms with van der Waals surface area (Å²) in [4.78, 5) is 35.2. The molecule has 0 N–H and O–H groups in total. The fourth-order valence-electron chi connectivity index (χ4n) is 1.38. The van der Waals surface area contributed by atoms with Crippen LogP contribution in [0.4, 0.5) is 0 Å². The lowest BCUT2D eigenvalue weighted by Crippen LogP contribution is -2.42. The standard InChI is InChI=1S/C10H12ClNO4/c1-5-6(2)10(15)12(9(5)14)7(3)16-8(13)4-11/h7H,4H2,1-3H3. The molecule has 1 atom stereocenters. The highest BCUT2D eigenvalue weighted by molar-refractivity contribution is 6.26. The van der Waals surface area contributed by atoms with Gasteiger partial charge in [0.15, 0.2) is 6.23 Å². The fourth-order valence-corrected chi connectivity index (χ4v) is 1.44. The van der Waals surface area contributed by atoms with Crippen molar-refractivity contribution in [3.05, 3.63) is 11.1 Å². The van der Waals surface area contributed by atoms with Crippen molar-refractivity contribution in [2.45, 2.75) is 27.0 Å². The molecule has 0 aromatic carbocycles. The first-order valence-corrected chi connectivity index (χ1v) is 5.24. The molecule has 16 heavy (non-hydrogen) atoms. The van der Waals surface area contributed by atoms with Crippen LogP contribution < -0.4 is 0 Å². The third kappa shape index (κ3) is 2.09. The summed E-state index contributed by atoms with van der Waals surface area (Å²) in [5.41, 5.74) is 0.748. The van der Waals surface area contributed by atoms with Crippen LogP contribution in [0.25, 0.3) is 0 Å². The molecular weight excluding hydrogens is 234 g/mol. The van der Waals surface area contributed by atoms with Crippen molar-refractivity contribution < 1.29 is 19.1 Å². The number of imide groups is 1. The van der Waals surface area contributed by atoms with Crippen molar-refractivity contribution in [2.24, 2.45) is 0 Å². The van der Waals surface area contributed by atoms with Gasteiger partial charge < -0.3 is 4.74 Å². The van der Waals surface area contributed by atoms with E-state index in [1.165, 1.54) is 6.92 Å². The van der Waals surface area contributed by atoms with Crippen LogP contribution in [0.3, 0.4) is 0 Å². The second-order valence-corrected chi connectivity index (χ2v) is 3.72. The number of alkyl halides is 1. The minimum absolute atomic E-state index is 0.314. The zero-order valence-corrected chi connectivity index (χ0v) is 10.00. The Kier molecular flexibility index (Phi) is 3.70. The average Bonchev–Trinajstić information content (AvgIpc) is 2.43. The molecule has 0 radical (unpaired) electrons. The summed E-state index contributed by atoms with van der Waals surface area (Å²) in [5, 5.41) is 0. The van der Waals surface area contributed by atoms with Gasteiger partial charge in [-0.25, -0.2) is 4.90 Å². The Balaban J connectivity index is 2.81. The summed E-state index contributed by atoms with van der Waals surface area (Å²) < 4.78 is 4.81. The number of esters is 1. The van der Waals surface area contributed by atoms with Gasteiger partial charge in [-0.3, -0.25) is 14.4 Å². The SMILES string of the molecule is CC1=C(C)C(=O)N(C(C)OC(=O)CCl)C1=O. The van der Waals surface area contributed by atoms with Crippen molar-refractivity contribution in [3.8, 4) is 0 Å². The summed E-state index contributed by atoms with van der Waals surface area (Å²) in [5.74, 6) is -1.85. The second kappa shape index (κ2) is 4.65. The largest absolute Gasteiger partial charge is 0.440 e. The van der Waals surface area contributed by atoms with Crippen LogP contribution in [0.2, 0.25) is 0 Å². The number of nitrogens with zero attached hydrogens (tertiary/aromatic N) is 1. The third-order valence-corrected chi connectivity index (χ3v) is 2.63. The maximum Gasteiger partial charge on any atom is 0.322 e. The van der Waals surface area contributed by atoms with E-state index in [0.717, 1.165) is 4.90 Å². The van der Waals surface area contributed by atoms with E-state index in [9.17, 15) is 14.4 Å². The number of carbonyl (C=O) groups is 3. The number of rotatable bonds is 3. The van der Waals surface area contributed by atoms with Gasteiger partial charge in [-0.2, -0.15) is 0 Å². The van der Waals surface area contributed by atoms with Crippen molar-refractivity contribution in [1.82, 2.24) is 4.90 Å². The normalized spacial score (nSPS) is 18.1. The van der Waals surface area contributed by atoms with Crippen molar-refractivity contribution in [1.29, 1.82) is 0 Å². The first-order valence-electron chi connectivity index (χ1n) is 4.71. The van der Waals surface area contributed by atoms with E-state index in [4.69, 9.17) is 16.3 Å². The minimum Gasteiger partial charge on any atom is -0.440 e. The predicted octanol–water partition coefficient (Wildman–Crippen LogP) is 0.820. The van der Waals surface area contributed by atoms with E-state index in [-0.39, 0.29) is 5.88 Å². The zero-order valence-electron chi connectivity index (χ0n) is 9.24. The highest BCUT2D eigenvalue weighted by Crippen LogP contribution is 2.22. The molecule has 0 fully saturated rings. The first-order chi connectivity index (χ1) is 7.40. The average molecular weight is 246 g/mol. The van der Waals surface area contributed by atoms with Crippen LogP contribution in [0, 0.1) is 0 Å². The van der Waals surface area contributed by atoms with Gasteiger partial charge in [0.25, 0.3) is 11.8 Å². The quantitative estimate of drug-likeness (QED) is 0.420. The molecular formula is C10H12ClNO4. The van der Waals surface area contributed by atoms with E-state index in [1.54, 1.807) is 13.8 Å². The Morgan fingerprint density at radius 2 is 1.75 bits per heavy atom. The molecule has 0 bridgehead atoms. The van der Waals surface area contributed by atoms with Crippen LogP contribution in [0.1, 0.15) is 20.8 Å². The molecule has 1 aliphatic rings. The minimum atomic E-state index is -0.932. The molecule has 0 aromatic rings. The summed E-state index contributed by atoms with van der Waals surface area (Å²) >= 11 is 5.26. The molecule has 0 saturated carbocycles. The van der Waals surface area contributed by atoms with Gasteiger partial charge in [-0.05, 0) is 20.8 Å². The highest BCUT2D eigenvalue weighted by atomic mass is 35.5. The third-order valence-electron chi connectivity index (χ3n) is 2.42. The van der Waals surface area contributed by atoms with Crippen molar-refractivity contribution >= 4 is 29.4 Å². The van der Waals surface area contributed by atoms with E-state index in [1.807, 2.05) is 0 Å². The van der Waals surface area contributed by atoms with E-state index in [0.29, 0.717) is 11.1 Å². The topological polar surface area (TPSA) is 63.7 Å². The van der Waals surface area contributed by atoms with E-state index >= 15 is 0 Å². The van der Waals surface area contributed by atoms with Crippen LogP contribution in [-0.4, -0.2) is 34.8 Å². The lowest BCUT2D eigenvalue weighted by atomic mass is 10.2. The molecule has 0 spiro atoms. The Bertz CT molecular complexity index is 364. The molecule has 1 heterocycles. The molecule has 1 rings (SSSR count). The summed E-state index contributed by atoms with van der Waals surface area (Å²) in [6.07, 6.45) is -0.932. The van der Waals surface area contributed by atoms with Gasteiger partial charge in [0.2, 0.25) is 0 Å². The zero-order chi connectivity index (χ0) is 12.5. The summed E-state index contributed by atoms with van der Waals surface area (Å²) in [6.45, 7) is 4.57. The molecule has 1 aliphatic heterocycles. The predicted molar refractivity (Wildman–Crippen MR) is 56.5 cm³/mol. The Morgan fingerprint density at radius 3 is 2.12 bits per heavy atom. The molecule has 5 nitrogen and oxygen atoms in total. The van der Waals surface area contributed by atoms with Crippen molar-refractivity contribution in [3.63, 3.8) is 0 Å². The number of ether oxygens (including phenoxy) is 1. The molecule has 1 unspecified atom stereocenters. The molecule has 2 amide bonds. The van der Waals surface area contributed by atoms with E-state index in [2.05, 4.69) is 0 Å². The first kappa shape index (κ1) is 12.7. The lowest BCUT2D eigenvalue weighted by Gasteiger charge is -2.22.